The van der Waals surface area contributed by atoms with Gasteiger partial charge < -0.3 is 9.64 Å². The van der Waals surface area contributed by atoms with Crippen LogP contribution in [-0.4, -0.2) is 46.1 Å². The van der Waals surface area contributed by atoms with Gasteiger partial charge in [0.15, 0.2) is 11.5 Å². The van der Waals surface area contributed by atoms with Gasteiger partial charge in [-0.15, -0.1) is 15.3 Å². The second-order valence-corrected chi connectivity index (χ2v) is 6.65. The molecule has 3 aromatic heterocycles. The van der Waals surface area contributed by atoms with E-state index in [-0.39, 0.29) is 0 Å². The zero-order valence-corrected chi connectivity index (χ0v) is 13.9. The molecule has 0 radical (unpaired) electrons. The van der Waals surface area contributed by atoms with E-state index in [1.165, 1.54) is 12.8 Å². The average Bonchev–Trinajstić information content (AvgIpc) is 3.24. The second-order valence-electron chi connectivity index (χ2n) is 5.87. The van der Waals surface area contributed by atoms with Crippen molar-refractivity contribution in [2.45, 2.75) is 25.4 Å². The van der Waals surface area contributed by atoms with E-state index in [1.54, 1.807) is 11.3 Å². The van der Waals surface area contributed by atoms with Gasteiger partial charge in [-0.3, -0.25) is 0 Å². The van der Waals surface area contributed by atoms with Crippen LogP contribution in [0.3, 0.4) is 0 Å². The van der Waals surface area contributed by atoms with Gasteiger partial charge in [0, 0.05) is 31.1 Å². The van der Waals surface area contributed by atoms with Gasteiger partial charge in [0.1, 0.15) is 5.82 Å². The molecular formula is C16H19N5OS. The van der Waals surface area contributed by atoms with Crippen molar-refractivity contribution in [3.63, 3.8) is 0 Å². The van der Waals surface area contributed by atoms with Gasteiger partial charge in [-0.25, -0.2) is 0 Å². The molecule has 7 heteroatoms. The summed E-state index contributed by atoms with van der Waals surface area (Å²) in [5.41, 5.74) is 1.81. The number of nitrogens with zero attached hydrogens (tertiary/aromatic N) is 5. The summed E-state index contributed by atoms with van der Waals surface area (Å²) in [4.78, 5) is 2.15. The largest absolute Gasteiger partial charge is 0.376 e. The van der Waals surface area contributed by atoms with Gasteiger partial charge in [-0.05, 0) is 42.8 Å². The summed E-state index contributed by atoms with van der Waals surface area (Å²) < 4.78 is 7.64. The Kier molecular flexibility index (Phi) is 3.97. The van der Waals surface area contributed by atoms with Gasteiger partial charge in [0.25, 0.3) is 0 Å². The maximum absolute atomic E-state index is 5.83. The Morgan fingerprint density at radius 2 is 2.26 bits per heavy atom. The number of hydrogen-bond acceptors (Lipinski definition) is 6. The van der Waals surface area contributed by atoms with Crippen LogP contribution >= 0.6 is 11.3 Å². The second kappa shape index (κ2) is 6.25. The molecule has 1 fully saturated rings. The fourth-order valence-electron chi connectivity index (χ4n) is 2.90. The van der Waals surface area contributed by atoms with Crippen molar-refractivity contribution in [3.05, 3.63) is 29.0 Å². The predicted octanol–water partition coefficient (Wildman–Crippen LogP) is 2.86. The summed E-state index contributed by atoms with van der Waals surface area (Å²) in [6, 6.07) is 5.99. The predicted molar refractivity (Wildman–Crippen MR) is 91.0 cm³/mol. The molecule has 1 aliphatic rings. The minimum Gasteiger partial charge on any atom is -0.376 e. The number of rotatable bonds is 4. The lowest BCUT2D eigenvalue weighted by molar-refractivity contribution is 0.0215. The Morgan fingerprint density at radius 3 is 3.04 bits per heavy atom. The molecule has 0 aliphatic carbocycles. The third-order valence-electron chi connectivity index (χ3n) is 4.17. The molecular weight excluding hydrogens is 310 g/mol. The maximum Gasteiger partial charge on any atom is 0.186 e. The lowest BCUT2D eigenvalue weighted by atomic mass is 10.1. The van der Waals surface area contributed by atoms with Crippen molar-refractivity contribution in [2.24, 2.45) is 0 Å². The van der Waals surface area contributed by atoms with E-state index in [0.717, 1.165) is 42.4 Å². The summed E-state index contributed by atoms with van der Waals surface area (Å²) in [6.07, 6.45) is 3.84. The minimum atomic E-state index is 0.295. The summed E-state index contributed by atoms with van der Waals surface area (Å²) in [7, 11) is 2.06. The SMILES string of the molecule is CN(CC1CCCCO1)c1ccc2nnc(-c3ccsc3)n2n1. The van der Waals surface area contributed by atoms with Crippen molar-refractivity contribution >= 4 is 22.8 Å². The van der Waals surface area contributed by atoms with Crippen molar-refractivity contribution in [1.82, 2.24) is 19.8 Å². The Hall–Kier alpha value is -1.99. The van der Waals surface area contributed by atoms with Gasteiger partial charge in [-0.1, -0.05) is 0 Å². The zero-order valence-electron chi connectivity index (χ0n) is 13.1. The Balaban J connectivity index is 1.61. The molecule has 0 bridgehead atoms. The van der Waals surface area contributed by atoms with E-state index in [4.69, 9.17) is 9.84 Å². The topological polar surface area (TPSA) is 55.5 Å². The third kappa shape index (κ3) is 2.94. The number of hydrogen-bond donors (Lipinski definition) is 0. The summed E-state index contributed by atoms with van der Waals surface area (Å²) in [5, 5.41) is 17.3. The number of ether oxygens (including phenoxy) is 1. The molecule has 120 valence electrons. The number of fused-ring (bicyclic) bond motifs is 1. The molecule has 1 unspecified atom stereocenters. The fraction of sp³-hybridized carbons (Fsp3) is 0.438. The highest BCUT2D eigenvalue weighted by Gasteiger charge is 2.18. The summed E-state index contributed by atoms with van der Waals surface area (Å²) in [5.74, 6) is 1.69. The quantitative estimate of drug-likeness (QED) is 0.737. The molecule has 6 nitrogen and oxygen atoms in total. The lowest BCUT2D eigenvalue weighted by Crippen LogP contribution is -2.34. The Morgan fingerprint density at radius 1 is 1.30 bits per heavy atom. The standard InChI is InChI=1S/C16H19N5OS/c1-20(10-13-4-2-3-8-22-13)15-6-5-14-17-18-16(21(14)19-15)12-7-9-23-11-12/h5-7,9,11,13H,2-4,8,10H2,1H3. The first-order valence-corrected chi connectivity index (χ1v) is 8.83. The average molecular weight is 329 g/mol. The molecule has 0 spiro atoms. The molecule has 0 saturated carbocycles. The van der Waals surface area contributed by atoms with Crippen LogP contribution in [0.25, 0.3) is 17.0 Å². The van der Waals surface area contributed by atoms with Crippen molar-refractivity contribution < 1.29 is 4.74 Å². The van der Waals surface area contributed by atoms with Crippen LogP contribution in [0, 0.1) is 0 Å². The zero-order chi connectivity index (χ0) is 15.6. The van der Waals surface area contributed by atoms with Crippen LogP contribution in [0.5, 0.6) is 0 Å². The third-order valence-corrected chi connectivity index (χ3v) is 4.85. The van der Waals surface area contributed by atoms with Crippen LogP contribution in [0.1, 0.15) is 19.3 Å². The molecule has 0 aromatic carbocycles. The van der Waals surface area contributed by atoms with Crippen LogP contribution in [0.15, 0.2) is 29.0 Å². The first-order valence-electron chi connectivity index (χ1n) is 7.89. The molecule has 23 heavy (non-hydrogen) atoms. The molecule has 1 aliphatic heterocycles. The molecule has 1 saturated heterocycles. The first-order chi connectivity index (χ1) is 11.3. The highest BCUT2D eigenvalue weighted by molar-refractivity contribution is 7.08. The molecule has 4 heterocycles. The van der Waals surface area contributed by atoms with Crippen molar-refractivity contribution in [1.29, 1.82) is 0 Å². The van der Waals surface area contributed by atoms with E-state index in [9.17, 15) is 0 Å². The van der Waals surface area contributed by atoms with Gasteiger partial charge in [-0.2, -0.15) is 15.9 Å². The van der Waals surface area contributed by atoms with Gasteiger partial charge in [0.2, 0.25) is 0 Å². The van der Waals surface area contributed by atoms with E-state index >= 15 is 0 Å². The minimum absolute atomic E-state index is 0.295. The molecule has 0 amide bonds. The van der Waals surface area contributed by atoms with Gasteiger partial charge >= 0.3 is 0 Å². The van der Waals surface area contributed by atoms with Crippen LogP contribution in [0.2, 0.25) is 0 Å². The molecule has 3 aromatic rings. The maximum atomic E-state index is 5.83. The first kappa shape index (κ1) is 14.6. The monoisotopic (exact) mass is 329 g/mol. The van der Waals surface area contributed by atoms with E-state index in [1.807, 2.05) is 28.1 Å². The Labute approximate surface area is 138 Å². The molecule has 4 rings (SSSR count). The smallest absolute Gasteiger partial charge is 0.186 e. The van der Waals surface area contributed by atoms with E-state index < -0.39 is 0 Å². The number of thiophene rings is 1. The number of likely N-dealkylation sites (N-methyl/N-ethyl adjacent to an activating group) is 1. The van der Waals surface area contributed by atoms with Crippen molar-refractivity contribution in [3.8, 4) is 11.4 Å². The van der Waals surface area contributed by atoms with Gasteiger partial charge in [0.05, 0.1) is 6.10 Å². The van der Waals surface area contributed by atoms with Crippen LogP contribution < -0.4 is 4.90 Å². The van der Waals surface area contributed by atoms with Crippen LogP contribution in [-0.2, 0) is 4.74 Å². The van der Waals surface area contributed by atoms with E-state index in [2.05, 4.69) is 27.5 Å². The summed E-state index contributed by atoms with van der Waals surface area (Å²) in [6.45, 7) is 1.73. The highest BCUT2D eigenvalue weighted by Crippen LogP contribution is 2.22. The fourth-order valence-corrected chi connectivity index (χ4v) is 3.54. The lowest BCUT2D eigenvalue weighted by Gasteiger charge is -2.27. The van der Waals surface area contributed by atoms with E-state index in [0.29, 0.717) is 6.10 Å². The Bertz CT molecular complexity index is 779. The normalized spacial score (nSPS) is 18.4. The van der Waals surface area contributed by atoms with Crippen molar-refractivity contribution in [2.75, 3.05) is 25.1 Å². The molecule has 1 atom stereocenters. The number of aromatic nitrogens is 4. The number of anilines is 1. The highest BCUT2D eigenvalue weighted by atomic mass is 32.1. The molecule has 0 N–H and O–H groups in total. The summed E-state index contributed by atoms with van der Waals surface area (Å²) >= 11 is 1.64. The van der Waals surface area contributed by atoms with Crippen LogP contribution in [0.4, 0.5) is 5.82 Å².